The average Bonchev–Trinajstić information content (AvgIpc) is 3.34. The first-order valence-electron chi connectivity index (χ1n) is 10.3. The molecule has 4 saturated heterocycles. The van der Waals surface area contributed by atoms with Crippen molar-refractivity contribution < 1.29 is 19.0 Å². The third-order valence-corrected chi connectivity index (χ3v) is 6.71. The van der Waals surface area contributed by atoms with Gasteiger partial charge in [-0.05, 0) is 56.0 Å². The van der Waals surface area contributed by atoms with Gasteiger partial charge in [0.1, 0.15) is 6.61 Å². The second kappa shape index (κ2) is 6.99. The van der Waals surface area contributed by atoms with Gasteiger partial charge in [-0.25, -0.2) is 0 Å². The summed E-state index contributed by atoms with van der Waals surface area (Å²) in [4.78, 5) is 17.7. The summed E-state index contributed by atoms with van der Waals surface area (Å²) >= 11 is 0. The highest BCUT2D eigenvalue weighted by atomic mass is 16.7. The van der Waals surface area contributed by atoms with Crippen molar-refractivity contribution in [3.63, 3.8) is 0 Å². The number of fused-ring (bicyclic) bond motifs is 3. The second-order valence-electron chi connectivity index (χ2n) is 8.17. The molecular formula is C21H28N2O4. The lowest BCUT2D eigenvalue weighted by molar-refractivity contribution is -0.140. The van der Waals surface area contributed by atoms with Crippen LogP contribution in [0, 0.1) is 5.92 Å². The maximum atomic E-state index is 13.0. The van der Waals surface area contributed by atoms with Gasteiger partial charge in [-0.3, -0.25) is 9.69 Å². The topological polar surface area (TPSA) is 51.2 Å². The van der Waals surface area contributed by atoms with Gasteiger partial charge in [0.2, 0.25) is 12.7 Å². The fourth-order valence-corrected chi connectivity index (χ4v) is 5.53. The van der Waals surface area contributed by atoms with E-state index in [1.54, 1.807) is 0 Å². The van der Waals surface area contributed by atoms with Crippen LogP contribution in [0.2, 0.25) is 0 Å². The summed E-state index contributed by atoms with van der Waals surface area (Å²) in [5.74, 6) is 2.74. The lowest BCUT2D eigenvalue weighted by Gasteiger charge is -2.51. The fourth-order valence-electron chi connectivity index (χ4n) is 5.53. The Morgan fingerprint density at radius 3 is 2.81 bits per heavy atom. The van der Waals surface area contributed by atoms with E-state index in [-0.39, 0.29) is 12.5 Å². The van der Waals surface area contributed by atoms with Crippen LogP contribution in [0.15, 0.2) is 18.2 Å². The van der Waals surface area contributed by atoms with Crippen molar-refractivity contribution in [2.24, 2.45) is 5.92 Å². The molecule has 5 heterocycles. The summed E-state index contributed by atoms with van der Waals surface area (Å²) in [6, 6.07) is 7.02. The zero-order chi connectivity index (χ0) is 18.4. The van der Waals surface area contributed by atoms with Gasteiger partial charge in [0, 0.05) is 25.1 Å². The molecule has 1 amide bonds. The quantitative estimate of drug-likeness (QED) is 0.742. The Hall–Kier alpha value is -1.79. The molecule has 2 bridgehead atoms. The Labute approximate surface area is 160 Å². The molecule has 6 rings (SSSR count). The van der Waals surface area contributed by atoms with E-state index in [2.05, 4.69) is 28.9 Å². The van der Waals surface area contributed by atoms with Gasteiger partial charge in [-0.1, -0.05) is 13.0 Å². The van der Waals surface area contributed by atoms with Crippen LogP contribution in [-0.4, -0.2) is 67.4 Å². The minimum atomic E-state index is 0.149. The first kappa shape index (κ1) is 17.3. The predicted octanol–water partition coefficient (Wildman–Crippen LogP) is 2.23. The van der Waals surface area contributed by atoms with E-state index in [4.69, 9.17) is 14.2 Å². The highest BCUT2D eigenvalue weighted by molar-refractivity contribution is 5.78. The summed E-state index contributed by atoms with van der Waals surface area (Å²) in [6.07, 6.45) is 3.35. The molecule has 5 aliphatic heterocycles. The summed E-state index contributed by atoms with van der Waals surface area (Å²) in [5, 5.41) is 0. The van der Waals surface area contributed by atoms with Crippen molar-refractivity contribution in [3.05, 3.63) is 23.8 Å². The second-order valence-corrected chi connectivity index (χ2v) is 8.17. The normalized spacial score (nSPS) is 33.4. The number of piperidine rings is 3. The van der Waals surface area contributed by atoms with Crippen LogP contribution >= 0.6 is 0 Å². The van der Waals surface area contributed by atoms with Crippen LogP contribution in [0.4, 0.5) is 0 Å². The molecule has 4 fully saturated rings. The summed E-state index contributed by atoms with van der Waals surface area (Å²) in [7, 11) is 0. The van der Waals surface area contributed by atoms with Gasteiger partial charge in [-0.15, -0.1) is 0 Å². The van der Waals surface area contributed by atoms with E-state index in [1.165, 1.54) is 18.4 Å². The van der Waals surface area contributed by atoms with E-state index < -0.39 is 0 Å². The molecule has 1 aromatic rings. The Balaban J connectivity index is 1.43. The van der Waals surface area contributed by atoms with Crippen molar-refractivity contribution in [2.45, 2.75) is 44.2 Å². The van der Waals surface area contributed by atoms with Crippen molar-refractivity contribution in [3.8, 4) is 11.5 Å². The van der Waals surface area contributed by atoms with E-state index >= 15 is 0 Å². The van der Waals surface area contributed by atoms with Gasteiger partial charge >= 0.3 is 0 Å². The van der Waals surface area contributed by atoms with Crippen LogP contribution in [-0.2, 0) is 9.53 Å². The van der Waals surface area contributed by atoms with E-state index in [0.717, 1.165) is 37.6 Å². The zero-order valence-corrected chi connectivity index (χ0v) is 15.9. The number of amides is 1. The third-order valence-electron chi connectivity index (χ3n) is 6.71. The monoisotopic (exact) mass is 372 g/mol. The van der Waals surface area contributed by atoms with Crippen LogP contribution in [0.1, 0.15) is 37.7 Å². The molecule has 6 nitrogen and oxygen atoms in total. The molecular weight excluding hydrogens is 344 g/mol. The molecule has 1 aromatic carbocycles. The molecule has 27 heavy (non-hydrogen) atoms. The molecule has 0 aromatic heterocycles. The summed E-state index contributed by atoms with van der Waals surface area (Å²) < 4.78 is 16.6. The van der Waals surface area contributed by atoms with Crippen LogP contribution in [0.25, 0.3) is 0 Å². The number of carbonyl (C=O) groups is 1. The number of ether oxygens (including phenoxy) is 3. The Kier molecular flexibility index (Phi) is 4.48. The lowest BCUT2D eigenvalue weighted by Crippen LogP contribution is -2.61. The van der Waals surface area contributed by atoms with Crippen molar-refractivity contribution >= 4 is 5.91 Å². The first-order valence-corrected chi connectivity index (χ1v) is 10.3. The SMILES string of the molecule is CCCOCC(=O)N1C[C@@H](c2ccc3c(c2)OCO3)[C@@H]2[C@H]1C1CCN2CC1. The molecule has 6 heteroatoms. The Morgan fingerprint density at radius 1 is 1.19 bits per heavy atom. The maximum Gasteiger partial charge on any atom is 0.248 e. The molecule has 0 saturated carbocycles. The maximum absolute atomic E-state index is 13.0. The zero-order valence-electron chi connectivity index (χ0n) is 15.9. The summed E-state index contributed by atoms with van der Waals surface area (Å²) in [5.41, 5.74) is 1.26. The standard InChI is InChI=1S/C21H28N2O4/c1-2-9-25-12-19(24)23-11-16(15-3-4-17-18(10-15)27-13-26-17)21-20(23)14-5-7-22(21)8-6-14/h3-4,10,14,16,20-21H,2,5-9,11-13H2,1H3/t16-,20+,21+/m0/s1. The van der Waals surface area contributed by atoms with Crippen LogP contribution in [0.3, 0.4) is 0 Å². The molecule has 0 N–H and O–H groups in total. The van der Waals surface area contributed by atoms with Crippen molar-refractivity contribution in [1.82, 2.24) is 9.80 Å². The molecule has 3 atom stereocenters. The van der Waals surface area contributed by atoms with Gasteiger partial charge < -0.3 is 19.1 Å². The highest BCUT2D eigenvalue weighted by Gasteiger charge is 2.54. The molecule has 146 valence electrons. The van der Waals surface area contributed by atoms with Crippen LogP contribution in [0.5, 0.6) is 11.5 Å². The predicted molar refractivity (Wildman–Crippen MR) is 100 cm³/mol. The highest BCUT2D eigenvalue weighted by Crippen LogP contribution is 2.47. The molecule has 0 radical (unpaired) electrons. The van der Waals surface area contributed by atoms with Gasteiger partial charge in [0.15, 0.2) is 11.5 Å². The number of hydrogen-bond acceptors (Lipinski definition) is 5. The number of benzene rings is 1. The number of hydrogen-bond donors (Lipinski definition) is 0. The van der Waals surface area contributed by atoms with Crippen molar-refractivity contribution in [1.29, 1.82) is 0 Å². The minimum Gasteiger partial charge on any atom is -0.454 e. The van der Waals surface area contributed by atoms with E-state index in [1.807, 2.05) is 6.07 Å². The molecule has 5 aliphatic rings. The van der Waals surface area contributed by atoms with Crippen LogP contribution < -0.4 is 9.47 Å². The third kappa shape index (κ3) is 2.90. The van der Waals surface area contributed by atoms with Gasteiger partial charge in [-0.2, -0.15) is 0 Å². The first-order chi connectivity index (χ1) is 13.3. The smallest absolute Gasteiger partial charge is 0.248 e. The van der Waals surface area contributed by atoms with E-state index in [0.29, 0.717) is 37.3 Å². The molecule has 0 unspecified atom stereocenters. The number of likely N-dealkylation sites (tertiary alicyclic amines) is 1. The molecule has 0 aliphatic carbocycles. The van der Waals surface area contributed by atoms with E-state index in [9.17, 15) is 4.79 Å². The fraction of sp³-hybridized carbons (Fsp3) is 0.667. The molecule has 0 spiro atoms. The number of nitrogens with zero attached hydrogens (tertiary/aromatic N) is 2. The summed E-state index contributed by atoms with van der Waals surface area (Å²) in [6.45, 7) is 6.30. The minimum absolute atomic E-state index is 0.149. The van der Waals surface area contributed by atoms with Crippen molar-refractivity contribution in [2.75, 3.05) is 39.6 Å². The number of rotatable bonds is 5. The largest absolute Gasteiger partial charge is 0.454 e. The Bertz CT molecular complexity index is 716. The number of carbonyl (C=O) groups excluding carboxylic acids is 1. The van der Waals surface area contributed by atoms with Gasteiger partial charge in [0.05, 0.1) is 6.04 Å². The Morgan fingerprint density at radius 2 is 2.00 bits per heavy atom. The average molecular weight is 372 g/mol. The lowest BCUT2D eigenvalue weighted by atomic mass is 9.75. The van der Waals surface area contributed by atoms with Gasteiger partial charge in [0.25, 0.3) is 0 Å².